The van der Waals surface area contributed by atoms with Crippen LogP contribution in [0.2, 0.25) is 0 Å². The number of nitrogens with one attached hydrogen (secondary N) is 1. The number of aromatic amines is 1. The van der Waals surface area contributed by atoms with Crippen LogP contribution in [0.3, 0.4) is 0 Å². The highest BCUT2D eigenvalue weighted by molar-refractivity contribution is 6.07. The van der Waals surface area contributed by atoms with Gasteiger partial charge in [-0.2, -0.15) is 0 Å². The summed E-state index contributed by atoms with van der Waals surface area (Å²) in [5, 5.41) is 14.7. The Labute approximate surface area is 143 Å². The van der Waals surface area contributed by atoms with Crippen LogP contribution < -0.4 is 4.74 Å². The number of fused-ring (bicyclic) bond motifs is 3. The Morgan fingerprint density at radius 1 is 0.960 bits per heavy atom. The van der Waals surface area contributed by atoms with Gasteiger partial charge in [-0.25, -0.2) is 4.39 Å². The van der Waals surface area contributed by atoms with E-state index in [4.69, 9.17) is 4.74 Å². The Hall–Kier alpha value is -3.34. The number of rotatable bonds is 4. The lowest BCUT2D eigenvalue weighted by Gasteiger charge is -2.08. The molecular formula is C20H15FN2O2. The minimum Gasteiger partial charge on any atom is -0.487 e. The van der Waals surface area contributed by atoms with Crippen molar-refractivity contribution in [2.24, 2.45) is 5.16 Å². The van der Waals surface area contributed by atoms with Gasteiger partial charge in [-0.3, -0.25) is 0 Å². The van der Waals surface area contributed by atoms with Crippen LogP contribution in [0.5, 0.6) is 5.75 Å². The molecule has 2 N–H and O–H groups in total. The second-order valence-electron chi connectivity index (χ2n) is 5.72. The van der Waals surface area contributed by atoms with Gasteiger partial charge in [-0.1, -0.05) is 23.4 Å². The van der Waals surface area contributed by atoms with Crippen LogP contribution in [0.25, 0.3) is 21.8 Å². The van der Waals surface area contributed by atoms with Gasteiger partial charge in [0, 0.05) is 27.9 Å². The molecule has 124 valence electrons. The molecule has 5 heteroatoms. The van der Waals surface area contributed by atoms with Gasteiger partial charge in [-0.15, -0.1) is 0 Å². The van der Waals surface area contributed by atoms with Crippen LogP contribution in [0, 0.1) is 5.82 Å². The second kappa shape index (κ2) is 6.28. The van der Waals surface area contributed by atoms with E-state index in [1.807, 2.05) is 36.4 Å². The van der Waals surface area contributed by atoms with Crippen molar-refractivity contribution < 1.29 is 14.3 Å². The van der Waals surface area contributed by atoms with E-state index in [0.717, 1.165) is 21.8 Å². The first-order valence-electron chi connectivity index (χ1n) is 7.85. The summed E-state index contributed by atoms with van der Waals surface area (Å²) in [6.07, 6.45) is 0. The van der Waals surface area contributed by atoms with Crippen molar-refractivity contribution in [1.29, 1.82) is 0 Å². The summed E-state index contributed by atoms with van der Waals surface area (Å²) in [7, 11) is 0. The summed E-state index contributed by atoms with van der Waals surface area (Å²) in [6, 6.07) is 19.6. The van der Waals surface area contributed by atoms with Gasteiger partial charge in [0.25, 0.3) is 0 Å². The van der Waals surface area contributed by atoms with E-state index in [9.17, 15) is 9.60 Å². The van der Waals surface area contributed by atoms with Gasteiger partial charge in [0.2, 0.25) is 0 Å². The number of para-hydroxylation sites is 1. The first-order chi connectivity index (χ1) is 12.2. The Morgan fingerprint density at radius 3 is 2.52 bits per heavy atom. The van der Waals surface area contributed by atoms with Crippen molar-refractivity contribution >= 4 is 27.5 Å². The molecule has 4 rings (SSSR count). The smallest absolute Gasteiger partial charge is 0.134 e. The molecule has 0 spiro atoms. The molecule has 0 saturated carbocycles. The fraction of sp³-hybridized carbons (Fsp3) is 0.0500. The number of aromatic nitrogens is 1. The molecule has 0 amide bonds. The Bertz CT molecular complexity index is 1070. The highest BCUT2D eigenvalue weighted by Gasteiger charge is 2.08. The number of ether oxygens (including phenoxy) is 1. The minimum atomic E-state index is -0.341. The lowest BCUT2D eigenvalue weighted by molar-refractivity contribution is 0.308. The SMILES string of the molecule is O/N=C(/COc1ccc2c(c1)[nH]c1ccccc12)c1ccc(F)cc1. The van der Waals surface area contributed by atoms with E-state index < -0.39 is 0 Å². The van der Waals surface area contributed by atoms with Crippen LogP contribution >= 0.6 is 0 Å². The van der Waals surface area contributed by atoms with Crippen molar-refractivity contribution in [3.8, 4) is 5.75 Å². The van der Waals surface area contributed by atoms with Gasteiger partial charge in [0.15, 0.2) is 0 Å². The fourth-order valence-electron chi connectivity index (χ4n) is 2.89. The largest absolute Gasteiger partial charge is 0.487 e. The number of hydrogen-bond donors (Lipinski definition) is 2. The highest BCUT2D eigenvalue weighted by atomic mass is 19.1. The average molecular weight is 334 g/mol. The molecule has 25 heavy (non-hydrogen) atoms. The van der Waals surface area contributed by atoms with Gasteiger partial charge >= 0.3 is 0 Å². The molecule has 0 aliphatic carbocycles. The molecule has 4 nitrogen and oxygen atoms in total. The average Bonchev–Trinajstić information content (AvgIpc) is 3.01. The first kappa shape index (κ1) is 15.2. The molecule has 0 aliphatic rings. The third kappa shape index (κ3) is 2.92. The fourth-order valence-corrected chi connectivity index (χ4v) is 2.89. The normalized spacial score (nSPS) is 12.0. The van der Waals surface area contributed by atoms with Crippen molar-refractivity contribution in [2.45, 2.75) is 0 Å². The van der Waals surface area contributed by atoms with Crippen molar-refractivity contribution in [1.82, 2.24) is 4.98 Å². The van der Waals surface area contributed by atoms with E-state index in [2.05, 4.69) is 16.2 Å². The predicted molar refractivity (Wildman–Crippen MR) is 96.0 cm³/mol. The van der Waals surface area contributed by atoms with Gasteiger partial charge < -0.3 is 14.9 Å². The first-order valence-corrected chi connectivity index (χ1v) is 7.85. The van der Waals surface area contributed by atoms with E-state index in [1.54, 1.807) is 12.1 Å². The zero-order chi connectivity index (χ0) is 17.2. The molecule has 0 radical (unpaired) electrons. The molecule has 1 aromatic heterocycles. The van der Waals surface area contributed by atoms with Crippen molar-refractivity contribution in [3.63, 3.8) is 0 Å². The van der Waals surface area contributed by atoms with Gasteiger partial charge in [-0.05, 0) is 42.5 Å². The second-order valence-corrected chi connectivity index (χ2v) is 5.72. The summed E-state index contributed by atoms with van der Waals surface area (Å²) >= 11 is 0. The van der Waals surface area contributed by atoms with Crippen molar-refractivity contribution in [3.05, 3.63) is 78.1 Å². The molecule has 1 heterocycles. The third-order valence-corrected chi connectivity index (χ3v) is 4.15. The van der Waals surface area contributed by atoms with Crippen LogP contribution in [0.1, 0.15) is 5.56 Å². The number of benzene rings is 3. The molecule has 0 saturated heterocycles. The van der Waals surface area contributed by atoms with E-state index >= 15 is 0 Å². The number of H-pyrrole nitrogens is 1. The summed E-state index contributed by atoms with van der Waals surface area (Å²) < 4.78 is 18.7. The zero-order valence-corrected chi connectivity index (χ0v) is 13.2. The van der Waals surface area contributed by atoms with E-state index in [1.165, 1.54) is 12.1 Å². The van der Waals surface area contributed by atoms with Gasteiger partial charge in [0.05, 0.1) is 5.52 Å². The molecule has 4 aromatic rings. The summed E-state index contributed by atoms with van der Waals surface area (Å²) in [4.78, 5) is 3.36. The van der Waals surface area contributed by atoms with Crippen LogP contribution in [-0.4, -0.2) is 22.5 Å². The molecule has 0 atom stereocenters. The number of oxime groups is 1. The standard InChI is InChI=1S/C20H15FN2O2/c21-14-7-5-13(6-8-14)20(23-24)12-25-15-9-10-17-16-3-1-2-4-18(16)22-19(17)11-15/h1-11,22,24H,12H2/b23-20-. The van der Waals surface area contributed by atoms with Crippen molar-refractivity contribution in [2.75, 3.05) is 6.61 Å². The Morgan fingerprint density at radius 2 is 1.72 bits per heavy atom. The summed E-state index contributed by atoms with van der Waals surface area (Å²) in [5.41, 5.74) is 2.98. The predicted octanol–water partition coefficient (Wildman–Crippen LogP) is 4.72. The quantitative estimate of drug-likeness (QED) is 0.322. The van der Waals surface area contributed by atoms with E-state index in [-0.39, 0.29) is 12.4 Å². The Balaban J connectivity index is 1.57. The Kier molecular flexibility index (Phi) is 3.82. The third-order valence-electron chi connectivity index (χ3n) is 4.15. The monoisotopic (exact) mass is 334 g/mol. The van der Waals surface area contributed by atoms with Crippen LogP contribution in [0.4, 0.5) is 4.39 Å². The lowest BCUT2D eigenvalue weighted by atomic mass is 10.1. The maximum absolute atomic E-state index is 13.0. The molecule has 3 aromatic carbocycles. The van der Waals surface area contributed by atoms with Crippen LogP contribution in [-0.2, 0) is 0 Å². The lowest BCUT2D eigenvalue weighted by Crippen LogP contribution is -2.13. The molecule has 0 aliphatic heterocycles. The molecular weight excluding hydrogens is 319 g/mol. The minimum absolute atomic E-state index is 0.0772. The number of halogens is 1. The van der Waals surface area contributed by atoms with Crippen LogP contribution in [0.15, 0.2) is 71.9 Å². The summed E-state index contributed by atoms with van der Waals surface area (Å²) in [6.45, 7) is 0.0772. The maximum Gasteiger partial charge on any atom is 0.134 e. The maximum atomic E-state index is 13.0. The molecule has 0 fully saturated rings. The highest BCUT2D eigenvalue weighted by Crippen LogP contribution is 2.28. The van der Waals surface area contributed by atoms with E-state index in [0.29, 0.717) is 17.0 Å². The topological polar surface area (TPSA) is 57.6 Å². The molecule has 0 unspecified atom stereocenters. The zero-order valence-electron chi connectivity index (χ0n) is 13.2. The summed E-state index contributed by atoms with van der Waals surface area (Å²) in [5.74, 6) is 0.313. The number of hydrogen-bond acceptors (Lipinski definition) is 3. The van der Waals surface area contributed by atoms with Gasteiger partial charge in [0.1, 0.15) is 23.9 Å². The number of nitrogens with zero attached hydrogens (tertiary/aromatic N) is 1. The molecule has 0 bridgehead atoms.